The van der Waals surface area contributed by atoms with E-state index in [9.17, 15) is 24.6 Å². The van der Waals surface area contributed by atoms with Gasteiger partial charge in [-0.15, -0.1) is 0 Å². The van der Waals surface area contributed by atoms with Gasteiger partial charge in [0.25, 0.3) is 5.91 Å². The lowest BCUT2D eigenvalue weighted by Gasteiger charge is -2.27. The number of aryl methyl sites for hydroxylation is 1. The van der Waals surface area contributed by atoms with Gasteiger partial charge >= 0.3 is 0 Å². The van der Waals surface area contributed by atoms with Crippen LogP contribution >= 0.6 is 24.0 Å². The van der Waals surface area contributed by atoms with Gasteiger partial charge in [-0.05, 0) is 18.6 Å². The third kappa shape index (κ3) is 3.96. The average molecular weight is 349 g/mol. The van der Waals surface area contributed by atoms with Crippen molar-refractivity contribution >= 4 is 52.2 Å². The highest BCUT2D eigenvalue weighted by atomic mass is 32.2. The molecule has 0 N–H and O–H groups in total. The van der Waals surface area contributed by atoms with Gasteiger partial charge in [-0.1, -0.05) is 53.8 Å². The van der Waals surface area contributed by atoms with E-state index in [0.29, 0.717) is 0 Å². The number of hydrogen-bond donors (Lipinski definition) is 0. The number of benzene rings is 1. The highest BCUT2D eigenvalue weighted by Crippen LogP contribution is 2.34. The number of carboxylic acids is 2. The summed E-state index contributed by atoms with van der Waals surface area (Å²) in [4.78, 5) is 35.2. The molecule has 0 spiro atoms. The largest absolute Gasteiger partial charge is 0.550 e. The molecule has 1 aromatic carbocycles. The first-order chi connectivity index (χ1) is 10.8. The number of amides is 1. The second-order valence-corrected chi connectivity index (χ2v) is 6.55. The first-order valence-corrected chi connectivity index (χ1v) is 7.76. The van der Waals surface area contributed by atoms with E-state index in [1.165, 1.54) is 0 Å². The highest BCUT2D eigenvalue weighted by molar-refractivity contribution is 8.26. The average Bonchev–Trinajstić information content (AvgIpc) is 2.73. The van der Waals surface area contributed by atoms with Gasteiger partial charge < -0.3 is 19.8 Å². The Kier molecular flexibility index (Phi) is 5.17. The molecule has 1 fully saturated rings. The first-order valence-electron chi connectivity index (χ1n) is 6.54. The highest BCUT2D eigenvalue weighted by Gasteiger charge is 2.37. The maximum absolute atomic E-state index is 12.4. The topological polar surface area (TPSA) is 101 Å². The van der Waals surface area contributed by atoms with E-state index < -0.39 is 30.3 Å². The number of thioether (sulfide) groups is 1. The van der Waals surface area contributed by atoms with Crippen molar-refractivity contribution < 1.29 is 24.6 Å². The molecule has 1 amide bonds. The number of carboxylic acid groups (broad SMARTS) is 2. The molecule has 2 rings (SSSR count). The molecule has 1 unspecified atom stereocenters. The van der Waals surface area contributed by atoms with Crippen LogP contribution in [0.2, 0.25) is 0 Å². The molecular weight excluding hydrogens is 338 g/mol. The van der Waals surface area contributed by atoms with Crippen LogP contribution in [0.3, 0.4) is 0 Å². The lowest BCUT2D eigenvalue weighted by atomic mass is 10.1. The monoisotopic (exact) mass is 349 g/mol. The molecule has 1 aliphatic heterocycles. The summed E-state index contributed by atoms with van der Waals surface area (Å²) in [7, 11) is 0. The molecule has 0 aromatic heterocycles. The Labute approximate surface area is 141 Å². The van der Waals surface area contributed by atoms with Gasteiger partial charge in [0.1, 0.15) is 4.32 Å². The molecule has 0 saturated carbocycles. The Balaban J connectivity index is 2.30. The van der Waals surface area contributed by atoms with Crippen molar-refractivity contribution in [3.63, 3.8) is 0 Å². The van der Waals surface area contributed by atoms with Crippen LogP contribution < -0.4 is 10.2 Å². The van der Waals surface area contributed by atoms with Crippen molar-refractivity contribution in [2.75, 3.05) is 0 Å². The predicted molar refractivity (Wildman–Crippen MR) is 84.6 cm³/mol. The summed E-state index contributed by atoms with van der Waals surface area (Å²) in [5, 5.41) is 21.8. The first kappa shape index (κ1) is 17.2. The second-order valence-electron chi connectivity index (χ2n) is 4.87. The maximum Gasteiger partial charge on any atom is 0.266 e. The lowest BCUT2D eigenvalue weighted by Crippen LogP contribution is -2.52. The summed E-state index contributed by atoms with van der Waals surface area (Å²) in [6.45, 7) is 1.92. The van der Waals surface area contributed by atoms with E-state index in [2.05, 4.69) is 0 Å². The second kappa shape index (κ2) is 6.93. The number of hydrogen-bond acceptors (Lipinski definition) is 7. The summed E-state index contributed by atoms with van der Waals surface area (Å²) >= 11 is 5.92. The van der Waals surface area contributed by atoms with E-state index in [0.717, 1.165) is 27.8 Å². The summed E-state index contributed by atoms with van der Waals surface area (Å²) in [6, 6.07) is 5.66. The molecule has 1 aromatic rings. The van der Waals surface area contributed by atoms with Crippen molar-refractivity contribution in [3.8, 4) is 0 Å². The zero-order valence-electron chi connectivity index (χ0n) is 12.0. The SMILES string of the molecule is Cc1ccc(C=C2SC(=S)N(C(CC(=O)[O-])C(=O)[O-])C2=O)cc1. The van der Waals surface area contributed by atoms with E-state index in [4.69, 9.17) is 12.2 Å². The molecule has 120 valence electrons. The molecule has 6 nitrogen and oxygen atoms in total. The fraction of sp³-hybridized carbons (Fsp3) is 0.200. The summed E-state index contributed by atoms with van der Waals surface area (Å²) in [6.07, 6.45) is 0.691. The van der Waals surface area contributed by atoms with Crippen molar-refractivity contribution in [1.29, 1.82) is 0 Å². The van der Waals surface area contributed by atoms with E-state index >= 15 is 0 Å². The third-order valence-corrected chi connectivity index (χ3v) is 4.47. The Bertz CT molecular complexity index is 711. The van der Waals surface area contributed by atoms with Crippen LogP contribution in [0.15, 0.2) is 29.2 Å². The molecule has 8 heteroatoms. The van der Waals surface area contributed by atoms with Crippen molar-refractivity contribution in [2.45, 2.75) is 19.4 Å². The number of aliphatic carboxylic acids is 2. The fourth-order valence-electron chi connectivity index (χ4n) is 2.00. The third-order valence-electron chi connectivity index (χ3n) is 3.14. The normalized spacial score (nSPS) is 17.6. The van der Waals surface area contributed by atoms with Crippen LogP contribution in [0, 0.1) is 6.92 Å². The van der Waals surface area contributed by atoms with Gasteiger partial charge in [0, 0.05) is 12.4 Å². The van der Waals surface area contributed by atoms with E-state index in [1.54, 1.807) is 18.2 Å². The van der Waals surface area contributed by atoms with Crippen LogP contribution in [0.4, 0.5) is 0 Å². The molecule has 1 heterocycles. The summed E-state index contributed by atoms with van der Waals surface area (Å²) < 4.78 is -0.0242. The van der Waals surface area contributed by atoms with Crippen LogP contribution in [0.25, 0.3) is 6.08 Å². The molecule has 0 bridgehead atoms. The van der Waals surface area contributed by atoms with Gasteiger partial charge in [-0.2, -0.15) is 0 Å². The minimum atomic E-state index is -1.69. The van der Waals surface area contributed by atoms with Gasteiger partial charge in [0.2, 0.25) is 0 Å². The lowest BCUT2D eigenvalue weighted by molar-refractivity contribution is -0.319. The molecule has 1 aliphatic rings. The van der Waals surface area contributed by atoms with Crippen LogP contribution in [-0.2, 0) is 14.4 Å². The van der Waals surface area contributed by atoms with Crippen LogP contribution in [-0.4, -0.2) is 33.1 Å². The Morgan fingerprint density at radius 3 is 2.43 bits per heavy atom. The van der Waals surface area contributed by atoms with E-state index in [1.807, 2.05) is 19.1 Å². The van der Waals surface area contributed by atoms with Gasteiger partial charge in [0.05, 0.1) is 16.9 Å². The number of rotatable bonds is 5. The predicted octanol–water partition coefficient (Wildman–Crippen LogP) is -0.545. The summed E-state index contributed by atoms with van der Waals surface area (Å²) in [5.41, 5.74) is 1.81. The number of nitrogens with zero attached hydrogens (tertiary/aromatic N) is 1. The quantitative estimate of drug-likeness (QED) is 0.519. The van der Waals surface area contributed by atoms with E-state index in [-0.39, 0.29) is 9.23 Å². The molecule has 0 aliphatic carbocycles. The number of carbonyl (C=O) groups excluding carboxylic acids is 3. The number of thiocarbonyl (C=S) groups is 1. The van der Waals surface area contributed by atoms with Gasteiger partial charge in [-0.3, -0.25) is 9.69 Å². The van der Waals surface area contributed by atoms with Gasteiger partial charge in [-0.25, -0.2) is 0 Å². The van der Waals surface area contributed by atoms with Crippen LogP contribution in [0.5, 0.6) is 0 Å². The summed E-state index contributed by atoms with van der Waals surface area (Å²) in [5.74, 6) is -3.95. The minimum Gasteiger partial charge on any atom is -0.550 e. The Morgan fingerprint density at radius 1 is 1.30 bits per heavy atom. The smallest absolute Gasteiger partial charge is 0.266 e. The minimum absolute atomic E-state index is 0.0242. The maximum atomic E-state index is 12.4. The van der Waals surface area contributed by atoms with Crippen molar-refractivity contribution in [2.24, 2.45) is 0 Å². The standard InChI is InChI=1S/C15H13NO5S2/c1-8-2-4-9(5-3-8)6-11-13(19)16(15(22)23-11)10(14(20)21)7-12(17)18/h2-6,10H,7H2,1H3,(H,17,18)(H,20,21)/p-2. The number of carbonyl (C=O) groups is 3. The fourth-order valence-corrected chi connectivity index (χ4v) is 3.36. The molecule has 1 atom stereocenters. The molecule has 1 saturated heterocycles. The zero-order chi connectivity index (χ0) is 17.1. The van der Waals surface area contributed by atoms with Gasteiger partial charge in [0.15, 0.2) is 0 Å². The molecular formula is C15H11NO5S2-2. The molecule has 0 radical (unpaired) electrons. The van der Waals surface area contributed by atoms with Crippen molar-refractivity contribution in [3.05, 3.63) is 40.3 Å². The molecule has 23 heavy (non-hydrogen) atoms. The Morgan fingerprint density at radius 2 is 1.91 bits per heavy atom. The van der Waals surface area contributed by atoms with Crippen LogP contribution in [0.1, 0.15) is 17.5 Å². The Hall–Kier alpha value is -2.19. The zero-order valence-corrected chi connectivity index (χ0v) is 13.6. The van der Waals surface area contributed by atoms with Crippen molar-refractivity contribution in [1.82, 2.24) is 4.90 Å².